The van der Waals surface area contributed by atoms with Gasteiger partial charge in [-0.05, 0) is 43.9 Å². The first-order valence-electron chi connectivity index (χ1n) is 5.87. The highest BCUT2D eigenvalue weighted by molar-refractivity contribution is 6.35. The molecule has 0 aromatic heterocycles. The number of benzene rings is 1. The number of halogens is 2. The van der Waals surface area contributed by atoms with E-state index in [4.69, 9.17) is 33.7 Å². The van der Waals surface area contributed by atoms with Gasteiger partial charge in [-0.2, -0.15) is 0 Å². The molecule has 96 valence electrons. The number of hydrogen-bond donors (Lipinski definition) is 1. The lowest BCUT2D eigenvalue weighted by Gasteiger charge is -2.19. The molecule has 1 atom stereocenters. The molecule has 4 heteroatoms. The summed E-state index contributed by atoms with van der Waals surface area (Å²) < 4.78 is 5.37. The first kappa shape index (κ1) is 14.6. The number of methoxy groups -OCH3 is 1. The van der Waals surface area contributed by atoms with Crippen LogP contribution in [0.4, 0.5) is 0 Å². The van der Waals surface area contributed by atoms with E-state index in [9.17, 15) is 0 Å². The molecule has 1 aromatic carbocycles. The quantitative estimate of drug-likeness (QED) is 0.843. The van der Waals surface area contributed by atoms with Crippen molar-refractivity contribution in [3.8, 4) is 5.75 Å². The van der Waals surface area contributed by atoms with E-state index in [2.05, 4.69) is 6.92 Å². The van der Waals surface area contributed by atoms with Crippen molar-refractivity contribution in [2.45, 2.75) is 32.1 Å². The molecule has 0 fully saturated rings. The minimum atomic E-state index is 0.393. The Morgan fingerprint density at radius 3 is 2.59 bits per heavy atom. The summed E-state index contributed by atoms with van der Waals surface area (Å²) in [7, 11) is 1.63. The zero-order valence-corrected chi connectivity index (χ0v) is 11.8. The van der Waals surface area contributed by atoms with Crippen molar-refractivity contribution in [3.05, 3.63) is 27.7 Å². The van der Waals surface area contributed by atoms with E-state index in [1.54, 1.807) is 13.2 Å². The fourth-order valence-electron chi connectivity index (χ4n) is 2.04. The van der Waals surface area contributed by atoms with E-state index < -0.39 is 0 Å². The van der Waals surface area contributed by atoms with Gasteiger partial charge in [-0.15, -0.1) is 0 Å². The summed E-state index contributed by atoms with van der Waals surface area (Å²) in [5.41, 5.74) is 6.64. The minimum Gasteiger partial charge on any atom is -0.495 e. The van der Waals surface area contributed by atoms with E-state index in [1.807, 2.05) is 6.07 Å². The van der Waals surface area contributed by atoms with Crippen molar-refractivity contribution in [1.29, 1.82) is 0 Å². The maximum Gasteiger partial charge on any atom is 0.141 e. The molecule has 0 aliphatic rings. The topological polar surface area (TPSA) is 35.2 Å². The van der Waals surface area contributed by atoms with Crippen molar-refractivity contribution in [2.24, 2.45) is 5.73 Å². The van der Waals surface area contributed by atoms with Gasteiger partial charge in [-0.3, -0.25) is 0 Å². The van der Waals surface area contributed by atoms with E-state index in [-0.39, 0.29) is 0 Å². The molecule has 0 radical (unpaired) electrons. The van der Waals surface area contributed by atoms with Gasteiger partial charge in [0.15, 0.2) is 0 Å². The van der Waals surface area contributed by atoms with Gasteiger partial charge in [-0.25, -0.2) is 0 Å². The first-order valence-corrected chi connectivity index (χ1v) is 6.62. The molecule has 0 aliphatic heterocycles. The third-order valence-corrected chi connectivity index (χ3v) is 3.43. The van der Waals surface area contributed by atoms with Gasteiger partial charge < -0.3 is 10.5 Å². The Labute approximate surface area is 113 Å². The lowest BCUT2D eigenvalue weighted by molar-refractivity contribution is 0.402. The molecule has 17 heavy (non-hydrogen) atoms. The van der Waals surface area contributed by atoms with E-state index in [1.165, 1.54) is 0 Å². The second-order valence-corrected chi connectivity index (χ2v) is 4.89. The van der Waals surface area contributed by atoms with Crippen LogP contribution in [0.25, 0.3) is 0 Å². The van der Waals surface area contributed by atoms with E-state index in [0.717, 1.165) is 30.6 Å². The Bertz CT molecular complexity index is 369. The molecule has 0 heterocycles. The van der Waals surface area contributed by atoms with E-state index >= 15 is 0 Å². The van der Waals surface area contributed by atoms with Crippen LogP contribution in [0.15, 0.2) is 12.1 Å². The summed E-state index contributed by atoms with van der Waals surface area (Å²) in [6, 6.07) is 3.65. The van der Waals surface area contributed by atoms with Crippen molar-refractivity contribution in [3.63, 3.8) is 0 Å². The zero-order valence-electron chi connectivity index (χ0n) is 10.3. The van der Waals surface area contributed by atoms with Crippen LogP contribution in [0.1, 0.15) is 37.7 Å². The molecular formula is C13H19Cl2NO. The molecule has 0 bridgehead atoms. The second kappa shape index (κ2) is 7.10. The highest BCUT2D eigenvalue weighted by atomic mass is 35.5. The minimum absolute atomic E-state index is 0.393. The lowest BCUT2D eigenvalue weighted by atomic mass is 9.91. The number of hydrogen-bond acceptors (Lipinski definition) is 2. The Kier molecular flexibility index (Phi) is 6.10. The molecule has 0 saturated carbocycles. The Morgan fingerprint density at radius 2 is 2.06 bits per heavy atom. The maximum atomic E-state index is 6.14. The second-order valence-electron chi connectivity index (χ2n) is 4.05. The monoisotopic (exact) mass is 275 g/mol. The van der Waals surface area contributed by atoms with Crippen LogP contribution >= 0.6 is 23.2 Å². The van der Waals surface area contributed by atoms with E-state index in [0.29, 0.717) is 22.5 Å². The van der Waals surface area contributed by atoms with Crippen LogP contribution in [0, 0.1) is 0 Å². The van der Waals surface area contributed by atoms with Gasteiger partial charge in [0.25, 0.3) is 0 Å². The highest BCUT2D eigenvalue weighted by Crippen LogP contribution is 2.39. The van der Waals surface area contributed by atoms with Gasteiger partial charge in [0.05, 0.1) is 12.1 Å². The fourth-order valence-corrected chi connectivity index (χ4v) is 2.63. The SMILES string of the molecule is CCC(CCCN)c1cc(Cl)cc(Cl)c1OC. The van der Waals surface area contributed by atoms with Gasteiger partial charge in [0, 0.05) is 10.6 Å². The summed E-state index contributed by atoms with van der Waals surface area (Å²) in [6.07, 6.45) is 3.04. The summed E-state index contributed by atoms with van der Waals surface area (Å²) in [6.45, 7) is 2.85. The lowest BCUT2D eigenvalue weighted by Crippen LogP contribution is -2.05. The predicted octanol–water partition coefficient (Wildman–Crippen LogP) is 4.23. The zero-order chi connectivity index (χ0) is 12.8. The van der Waals surface area contributed by atoms with Crippen molar-refractivity contribution < 1.29 is 4.74 Å². The molecular weight excluding hydrogens is 257 g/mol. The number of ether oxygens (including phenoxy) is 1. The number of rotatable bonds is 6. The molecule has 0 amide bonds. The summed E-state index contributed by atoms with van der Waals surface area (Å²) in [5.74, 6) is 1.13. The molecule has 2 nitrogen and oxygen atoms in total. The number of nitrogens with two attached hydrogens (primary N) is 1. The molecule has 0 spiro atoms. The van der Waals surface area contributed by atoms with Gasteiger partial charge in [0.1, 0.15) is 5.75 Å². The van der Waals surface area contributed by atoms with Gasteiger partial charge in [-0.1, -0.05) is 30.1 Å². The Morgan fingerprint density at radius 1 is 1.35 bits per heavy atom. The van der Waals surface area contributed by atoms with Crippen LogP contribution < -0.4 is 10.5 Å². The van der Waals surface area contributed by atoms with Crippen LogP contribution in [-0.2, 0) is 0 Å². The summed E-state index contributed by atoms with van der Waals surface area (Å²) >= 11 is 12.2. The standard InChI is InChI=1S/C13H19Cl2NO/c1-3-9(5-4-6-16)11-7-10(14)8-12(15)13(11)17-2/h7-9H,3-6,16H2,1-2H3. The largest absolute Gasteiger partial charge is 0.495 e. The van der Waals surface area contributed by atoms with Crippen molar-refractivity contribution in [2.75, 3.05) is 13.7 Å². The molecule has 1 rings (SSSR count). The highest BCUT2D eigenvalue weighted by Gasteiger charge is 2.17. The normalized spacial score (nSPS) is 12.5. The van der Waals surface area contributed by atoms with Crippen LogP contribution in [0.5, 0.6) is 5.75 Å². The molecule has 2 N–H and O–H groups in total. The van der Waals surface area contributed by atoms with Crippen LogP contribution in [0.3, 0.4) is 0 Å². The van der Waals surface area contributed by atoms with Gasteiger partial charge in [0.2, 0.25) is 0 Å². The Balaban J connectivity index is 3.07. The van der Waals surface area contributed by atoms with Gasteiger partial charge >= 0.3 is 0 Å². The third-order valence-electron chi connectivity index (χ3n) is 2.93. The Hall–Kier alpha value is -0.440. The molecule has 1 unspecified atom stereocenters. The smallest absolute Gasteiger partial charge is 0.141 e. The average molecular weight is 276 g/mol. The van der Waals surface area contributed by atoms with Crippen LogP contribution in [-0.4, -0.2) is 13.7 Å². The fraction of sp³-hybridized carbons (Fsp3) is 0.538. The van der Waals surface area contributed by atoms with Crippen LogP contribution in [0.2, 0.25) is 10.0 Å². The first-order chi connectivity index (χ1) is 8.13. The molecule has 0 saturated heterocycles. The molecule has 0 aliphatic carbocycles. The predicted molar refractivity (Wildman–Crippen MR) is 74.3 cm³/mol. The van der Waals surface area contributed by atoms with Crippen molar-refractivity contribution >= 4 is 23.2 Å². The summed E-state index contributed by atoms with van der Waals surface area (Å²) in [4.78, 5) is 0. The average Bonchev–Trinajstić information content (AvgIpc) is 2.29. The molecule has 1 aromatic rings. The summed E-state index contributed by atoms with van der Waals surface area (Å²) in [5, 5.41) is 1.22. The third kappa shape index (κ3) is 3.77. The van der Waals surface area contributed by atoms with Crippen molar-refractivity contribution in [1.82, 2.24) is 0 Å². The maximum absolute atomic E-state index is 6.14.